The van der Waals surface area contributed by atoms with Gasteiger partial charge in [-0.2, -0.15) is 0 Å². The highest BCUT2D eigenvalue weighted by Crippen LogP contribution is 2.42. The summed E-state index contributed by atoms with van der Waals surface area (Å²) < 4.78 is 6.03. The van der Waals surface area contributed by atoms with Crippen LogP contribution in [0.1, 0.15) is 67.4 Å². The monoisotopic (exact) mass is 429 g/mol. The molecule has 32 heavy (non-hydrogen) atoms. The number of hydrogen-bond acceptors (Lipinski definition) is 4. The first-order valence-electron chi connectivity index (χ1n) is 12.7. The normalized spacial score (nSPS) is 25.4. The van der Waals surface area contributed by atoms with Crippen LogP contribution in [0.25, 0.3) is 11.1 Å². The number of para-hydroxylation sites is 2. The molecule has 3 aromatic rings. The second-order valence-electron chi connectivity index (χ2n) is 10.4. The topological polar surface area (TPSA) is 32.5 Å². The van der Waals surface area contributed by atoms with E-state index in [9.17, 15) is 0 Å². The van der Waals surface area contributed by atoms with Crippen molar-refractivity contribution in [2.75, 3.05) is 32.7 Å². The van der Waals surface area contributed by atoms with Gasteiger partial charge in [0.2, 0.25) is 0 Å². The van der Waals surface area contributed by atoms with E-state index in [0.29, 0.717) is 5.92 Å². The third-order valence-electron chi connectivity index (χ3n) is 8.06. The van der Waals surface area contributed by atoms with E-state index in [1.54, 1.807) is 5.56 Å². The minimum absolute atomic E-state index is 0.479. The molecule has 0 radical (unpaired) electrons. The van der Waals surface area contributed by atoms with Crippen LogP contribution >= 0.6 is 0 Å². The second-order valence-corrected chi connectivity index (χ2v) is 10.4. The Bertz CT molecular complexity index is 989. The largest absolute Gasteiger partial charge is 0.440 e. The summed E-state index contributed by atoms with van der Waals surface area (Å²) >= 11 is 0. The Balaban J connectivity index is 0.954. The molecule has 0 spiro atoms. The molecule has 168 valence electrons. The Morgan fingerprint density at radius 2 is 1.56 bits per heavy atom. The van der Waals surface area contributed by atoms with Gasteiger partial charge in [0.05, 0.1) is 0 Å². The summed E-state index contributed by atoms with van der Waals surface area (Å²) in [5.41, 5.74) is 4.96. The highest BCUT2D eigenvalue weighted by atomic mass is 16.3. The van der Waals surface area contributed by atoms with Crippen LogP contribution in [0, 0.1) is 5.92 Å². The average molecular weight is 430 g/mol. The van der Waals surface area contributed by atoms with Gasteiger partial charge in [0.25, 0.3) is 0 Å². The minimum atomic E-state index is 0.479. The van der Waals surface area contributed by atoms with E-state index in [4.69, 9.17) is 9.40 Å². The molecule has 0 atom stereocenters. The molecule has 2 saturated heterocycles. The molecule has 1 aromatic heterocycles. The van der Waals surface area contributed by atoms with Crippen molar-refractivity contribution in [1.29, 1.82) is 0 Å². The summed E-state index contributed by atoms with van der Waals surface area (Å²) in [6.07, 6.45) is 7.79. The fraction of sp³-hybridized carbons (Fsp3) is 0.536. The molecule has 2 aliphatic heterocycles. The summed E-state index contributed by atoms with van der Waals surface area (Å²) in [7, 11) is 0. The fourth-order valence-corrected chi connectivity index (χ4v) is 6.04. The maximum Gasteiger partial charge on any atom is 0.198 e. The van der Waals surface area contributed by atoms with Gasteiger partial charge in [0.15, 0.2) is 11.5 Å². The van der Waals surface area contributed by atoms with Crippen LogP contribution in [-0.4, -0.2) is 47.5 Å². The predicted octanol–water partition coefficient (Wildman–Crippen LogP) is 5.80. The lowest BCUT2D eigenvalue weighted by Gasteiger charge is -2.40. The van der Waals surface area contributed by atoms with E-state index in [2.05, 4.69) is 34.1 Å². The first-order chi connectivity index (χ1) is 15.8. The molecule has 3 heterocycles. The van der Waals surface area contributed by atoms with E-state index in [1.807, 2.05) is 24.3 Å². The highest BCUT2D eigenvalue weighted by Gasteiger charge is 2.33. The summed E-state index contributed by atoms with van der Waals surface area (Å²) in [6.45, 7) is 7.30. The number of piperidine rings is 1. The van der Waals surface area contributed by atoms with Crippen molar-refractivity contribution in [2.45, 2.75) is 56.9 Å². The van der Waals surface area contributed by atoms with Crippen molar-refractivity contribution in [3.63, 3.8) is 0 Å². The van der Waals surface area contributed by atoms with Gasteiger partial charge in [-0.25, -0.2) is 4.98 Å². The van der Waals surface area contributed by atoms with E-state index in [0.717, 1.165) is 35.4 Å². The maximum atomic E-state index is 6.03. The summed E-state index contributed by atoms with van der Waals surface area (Å²) in [6, 6.07) is 17.7. The zero-order chi connectivity index (χ0) is 21.3. The van der Waals surface area contributed by atoms with Gasteiger partial charge >= 0.3 is 0 Å². The van der Waals surface area contributed by atoms with Crippen LogP contribution in [0.5, 0.6) is 0 Å². The minimum Gasteiger partial charge on any atom is -0.440 e. The molecule has 1 aliphatic carbocycles. The van der Waals surface area contributed by atoms with Crippen LogP contribution in [0.3, 0.4) is 0 Å². The van der Waals surface area contributed by atoms with Crippen molar-refractivity contribution in [3.05, 3.63) is 65.5 Å². The molecule has 0 amide bonds. The zero-order valence-electron chi connectivity index (χ0n) is 19.1. The van der Waals surface area contributed by atoms with Gasteiger partial charge in [0.1, 0.15) is 5.52 Å². The average Bonchev–Trinajstić information content (AvgIpc) is 3.47. The molecule has 0 unspecified atom stereocenters. The molecule has 0 bridgehead atoms. The Morgan fingerprint density at radius 3 is 2.31 bits per heavy atom. The van der Waals surface area contributed by atoms with Crippen LogP contribution < -0.4 is 0 Å². The lowest BCUT2D eigenvalue weighted by molar-refractivity contribution is 0.129. The molecule has 2 aromatic carbocycles. The smallest absolute Gasteiger partial charge is 0.198 e. The number of aromatic nitrogens is 1. The first kappa shape index (κ1) is 20.4. The first-order valence-corrected chi connectivity index (χ1v) is 12.7. The number of oxazole rings is 1. The van der Waals surface area contributed by atoms with Crippen molar-refractivity contribution in [3.8, 4) is 0 Å². The van der Waals surface area contributed by atoms with Gasteiger partial charge in [-0.15, -0.1) is 0 Å². The summed E-state index contributed by atoms with van der Waals surface area (Å²) in [4.78, 5) is 10.0. The Kier molecular flexibility index (Phi) is 5.74. The van der Waals surface area contributed by atoms with Gasteiger partial charge in [-0.05, 0) is 99.8 Å². The van der Waals surface area contributed by atoms with E-state index in [1.165, 1.54) is 76.8 Å². The molecule has 0 N–H and O–H groups in total. The van der Waals surface area contributed by atoms with E-state index < -0.39 is 0 Å². The van der Waals surface area contributed by atoms with E-state index in [-0.39, 0.29) is 0 Å². The van der Waals surface area contributed by atoms with Gasteiger partial charge < -0.3 is 9.32 Å². The van der Waals surface area contributed by atoms with Crippen molar-refractivity contribution >= 4 is 11.1 Å². The van der Waals surface area contributed by atoms with Crippen LogP contribution in [0.4, 0.5) is 0 Å². The predicted molar refractivity (Wildman–Crippen MR) is 129 cm³/mol. The number of rotatable bonds is 6. The molecule has 4 nitrogen and oxygen atoms in total. The standard InChI is InChI=1S/C28H35N3O/c1-2-6-27-26(5-1)29-28(32-27)24-11-15-31(16-12-24)20-22-17-25(18-22)23-9-7-21(8-10-23)19-30-13-3-4-14-30/h1-2,5-10,22,24-25H,3-4,11-20H2/t22-,25-. The molecule has 4 heteroatoms. The molecular formula is C28H35N3O. The third kappa shape index (κ3) is 4.35. The number of nitrogens with zero attached hydrogens (tertiary/aromatic N) is 3. The van der Waals surface area contributed by atoms with Gasteiger partial charge in [-0.3, -0.25) is 4.90 Å². The van der Waals surface area contributed by atoms with Crippen molar-refractivity contribution in [2.24, 2.45) is 5.92 Å². The SMILES string of the molecule is c1ccc2oc(C3CCN(C[C@H]4C[C@H](c5ccc(CN6CCCC6)cc5)C4)CC3)nc2c1. The van der Waals surface area contributed by atoms with Crippen molar-refractivity contribution < 1.29 is 4.42 Å². The fourth-order valence-electron chi connectivity index (χ4n) is 6.04. The molecule has 6 rings (SSSR count). The zero-order valence-corrected chi connectivity index (χ0v) is 19.1. The lowest BCUT2D eigenvalue weighted by Crippen LogP contribution is -2.40. The Labute approximate surface area is 191 Å². The Morgan fingerprint density at radius 1 is 0.812 bits per heavy atom. The summed E-state index contributed by atoms with van der Waals surface area (Å²) in [5, 5.41) is 0. The molecule has 3 aliphatic rings. The number of likely N-dealkylation sites (tertiary alicyclic amines) is 2. The summed E-state index contributed by atoms with van der Waals surface area (Å²) in [5.74, 6) is 3.07. The second kappa shape index (κ2) is 8.99. The van der Waals surface area contributed by atoms with Crippen LogP contribution in [0.15, 0.2) is 52.9 Å². The quantitative estimate of drug-likeness (QED) is 0.496. The van der Waals surface area contributed by atoms with E-state index >= 15 is 0 Å². The molecule has 3 fully saturated rings. The molecule has 1 saturated carbocycles. The highest BCUT2D eigenvalue weighted by molar-refractivity contribution is 5.72. The number of hydrogen-bond donors (Lipinski definition) is 0. The van der Waals surface area contributed by atoms with Crippen LogP contribution in [0.2, 0.25) is 0 Å². The van der Waals surface area contributed by atoms with Crippen LogP contribution in [-0.2, 0) is 6.54 Å². The number of fused-ring (bicyclic) bond motifs is 1. The van der Waals surface area contributed by atoms with Gasteiger partial charge in [-0.1, -0.05) is 36.4 Å². The van der Waals surface area contributed by atoms with Gasteiger partial charge in [0, 0.05) is 19.0 Å². The number of benzene rings is 2. The molecular weight excluding hydrogens is 394 g/mol. The van der Waals surface area contributed by atoms with Crippen molar-refractivity contribution in [1.82, 2.24) is 14.8 Å². The maximum absolute atomic E-state index is 6.03. The lowest BCUT2D eigenvalue weighted by atomic mass is 9.71. The third-order valence-corrected chi connectivity index (χ3v) is 8.06. The Hall–Kier alpha value is -2.17.